The molecule has 0 aliphatic carbocycles. The minimum absolute atomic E-state index is 0.265. The standard InChI is InChI=1S/C22H29N3O4/c1-17-19(8-9-25(17)11-10-24-12-14-29-15-13-24)21(26)23-20(22(27)28-2)16-18-6-4-3-5-7-18/h3-9,20H,10-16H2,1-2H3,(H,23,26)/t20-/m0/s1. The van der Waals surface area contributed by atoms with E-state index in [0.29, 0.717) is 12.0 Å². The van der Waals surface area contributed by atoms with Gasteiger partial charge in [-0.05, 0) is 18.6 Å². The largest absolute Gasteiger partial charge is 0.467 e. The second-order valence-electron chi connectivity index (χ2n) is 7.20. The summed E-state index contributed by atoms with van der Waals surface area (Å²) in [6, 6.07) is 10.7. The van der Waals surface area contributed by atoms with E-state index in [2.05, 4.69) is 14.8 Å². The third-order valence-electron chi connectivity index (χ3n) is 5.32. The summed E-state index contributed by atoms with van der Waals surface area (Å²) >= 11 is 0. The molecule has 3 rings (SSSR count). The SMILES string of the molecule is COC(=O)[C@H](Cc1ccccc1)NC(=O)c1ccn(CCN2CCOCC2)c1C. The van der Waals surface area contributed by atoms with Gasteiger partial charge in [0.05, 0.1) is 25.9 Å². The van der Waals surface area contributed by atoms with E-state index in [1.54, 1.807) is 6.07 Å². The monoisotopic (exact) mass is 399 g/mol. The quantitative estimate of drug-likeness (QED) is 0.684. The van der Waals surface area contributed by atoms with Crippen molar-refractivity contribution in [1.29, 1.82) is 0 Å². The Morgan fingerprint density at radius 3 is 2.55 bits per heavy atom. The molecule has 0 unspecified atom stereocenters. The Labute approximate surface area is 171 Å². The van der Waals surface area contributed by atoms with E-state index in [1.165, 1.54) is 7.11 Å². The Hall–Kier alpha value is -2.64. The molecule has 0 radical (unpaired) electrons. The van der Waals surface area contributed by atoms with Gasteiger partial charge in [0.25, 0.3) is 5.91 Å². The number of morpholine rings is 1. The Morgan fingerprint density at radius 2 is 1.86 bits per heavy atom. The first-order valence-electron chi connectivity index (χ1n) is 9.97. The molecule has 1 N–H and O–H groups in total. The molecule has 7 nitrogen and oxygen atoms in total. The molecule has 1 fully saturated rings. The summed E-state index contributed by atoms with van der Waals surface area (Å²) in [5, 5.41) is 2.84. The van der Waals surface area contributed by atoms with Crippen molar-refractivity contribution in [3.05, 3.63) is 59.4 Å². The predicted molar refractivity (Wildman–Crippen MR) is 110 cm³/mol. The first-order chi connectivity index (χ1) is 14.1. The van der Waals surface area contributed by atoms with Crippen LogP contribution in [0, 0.1) is 6.92 Å². The molecule has 1 saturated heterocycles. The van der Waals surface area contributed by atoms with Crippen LogP contribution in [0.1, 0.15) is 21.6 Å². The van der Waals surface area contributed by atoms with Gasteiger partial charge >= 0.3 is 5.97 Å². The van der Waals surface area contributed by atoms with E-state index in [0.717, 1.165) is 50.7 Å². The van der Waals surface area contributed by atoms with Crippen LogP contribution in [0.3, 0.4) is 0 Å². The first kappa shape index (κ1) is 21.1. The zero-order valence-corrected chi connectivity index (χ0v) is 17.1. The molecule has 1 amide bonds. The summed E-state index contributed by atoms with van der Waals surface area (Å²) in [6.07, 6.45) is 2.31. The van der Waals surface area contributed by atoms with Gasteiger partial charge in [-0.1, -0.05) is 30.3 Å². The van der Waals surface area contributed by atoms with E-state index in [4.69, 9.17) is 9.47 Å². The highest BCUT2D eigenvalue weighted by atomic mass is 16.5. The molecule has 2 heterocycles. The molecule has 7 heteroatoms. The number of amides is 1. The van der Waals surface area contributed by atoms with Gasteiger partial charge in [0.15, 0.2) is 0 Å². The highest BCUT2D eigenvalue weighted by molar-refractivity contribution is 5.97. The highest BCUT2D eigenvalue weighted by Crippen LogP contribution is 2.12. The maximum Gasteiger partial charge on any atom is 0.328 e. The number of nitrogens with one attached hydrogen (secondary N) is 1. The average molecular weight is 399 g/mol. The van der Waals surface area contributed by atoms with Crippen molar-refractivity contribution in [2.45, 2.75) is 25.9 Å². The molecule has 0 bridgehead atoms. The normalized spacial score (nSPS) is 15.7. The Balaban J connectivity index is 1.63. The molecular formula is C22H29N3O4. The number of aromatic nitrogens is 1. The number of ether oxygens (including phenoxy) is 2. The molecule has 1 aliphatic rings. The van der Waals surface area contributed by atoms with Gasteiger partial charge in [-0.15, -0.1) is 0 Å². The second kappa shape index (κ2) is 10.2. The van der Waals surface area contributed by atoms with Gasteiger partial charge in [-0.25, -0.2) is 4.79 Å². The van der Waals surface area contributed by atoms with Gasteiger partial charge in [0.1, 0.15) is 6.04 Å². The molecule has 2 aromatic rings. The van der Waals surface area contributed by atoms with Crippen LogP contribution in [0.2, 0.25) is 0 Å². The number of hydrogen-bond donors (Lipinski definition) is 1. The summed E-state index contributed by atoms with van der Waals surface area (Å²) in [4.78, 5) is 27.4. The fraction of sp³-hybridized carbons (Fsp3) is 0.455. The molecule has 1 aliphatic heterocycles. The summed E-state index contributed by atoms with van der Waals surface area (Å²) in [5.74, 6) is -0.717. The average Bonchev–Trinajstić information content (AvgIpc) is 3.13. The lowest BCUT2D eigenvalue weighted by molar-refractivity contribution is -0.142. The van der Waals surface area contributed by atoms with Crippen molar-refractivity contribution in [3.63, 3.8) is 0 Å². The maximum atomic E-state index is 12.8. The van der Waals surface area contributed by atoms with Crippen molar-refractivity contribution >= 4 is 11.9 Å². The zero-order chi connectivity index (χ0) is 20.6. The van der Waals surface area contributed by atoms with Crippen molar-refractivity contribution < 1.29 is 19.1 Å². The minimum atomic E-state index is -0.731. The van der Waals surface area contributed by atoms with Crippen LogP contribution in [-0.4, -0.2) is 67.3 Å². The third kappa shape index (κ3) is 5.68. The van der Waals surface area contributed by atoms with Gasteiger partial charge in [-0.3, -0.25) is 9.69 Å². The highest BCUT2D eigenvalue weighted by Gasteiger charge is 2.24. The lowest BCUT2D eigenvalue weighted by Crippen LogP contribution is -2.43. The van der Waals surface area contributed by atoms with Crippen LogP contribution in [0.5, 0.6) is 0 Å². The lowest BCUT2D eigenvalue weighted by Gasteiger charge is -2.26. The molecule has 29 heavy (non-hydrogen) atoms. The van der Waals surface area contributed by atoms with Crippen LogP contribution in [0.15, 0.2) is 42.6 Å². The lowest BCUT2D eigenvalue weighted by atomic mass is 10.1. The topological polar surface area (TPSA) is 72.8 Å². The van der Waals surface area contributed by atoms with Gasteiger partial charge in [0.2, 0.25) is 0 Å². The molecule has 1 aromatic carbocycles. The van der Waals surface area contributed by atoms with E-state index in [9.17, 15) is 9.59 Å². The summed E-state index contributed by atoms with van der Waals surface area (Å²) in [5.41, 5.74) is 2.43. The number of rotatable bonds is 8. The zero-order valence-electron chi connectivity index (χ0n) is 17.1. The van der Waals surface area contributed by atoms with E-state index < -0.39 is 12.0 Å². The first-order valence-corrected chi connectivity index (χ1v) is 9.97. The van der Waals surface area contributed by atoms with Crippen molar-refractivity contribution in [3.8, 4) is 0 Å². The minimum Gasteiger partial charge on any atom is -0.467 e. The van der Waals surface area contributed by atoms with Gasteiger partial charge in [0, 0.05) is 44.5 Å². The summed E-state index contributed by atoms with van der Waals surface area (Å²) in [6.45, 7) is 7.08. The van der Waals surface area contributed by atoms with Crippen molar-refractivity contribution in [2.75, 3.05) is 40.0 Å². The molecule has 0 saturated carbocycles. The molecule has 1 aromatic heterocycles. The number of carbonyl (C=O) groups is 2. The summed E-state index contributed by atoms with van der Waals surface area (Å²) < 4.78 is 12.3. The number of benzene rings is 1. The molecular weight excluding hydrogens is 370 g/mol. The van der Waals surface area contributed by atoms with Crippen LogP contribution >= 0.6 is 0 Å². The molecule has 0 spiro atoms. The Bertz CT molecular complexity index is 813. The third-order valence-corrected chi connectivity index (χ3v) is 5.32. The smallest absolute Gasteiger partial charge is 0.328 e. The number of hydrogen-bond acceptors (Lipinski definition) is 5. The van der Waals surface area contributed by atoms with Crippen LogP contribution < -0.4 is 5.32 Å². The number of methoxy groups -OCH3 is 1. The van der Waals surface area contributed by atoms with Crippen molar-refractivity contribution in [1.82, 2.24) is 14.8 Å². The number of carbonyl (C=O) groups excluding carboxylic acids is 2. The molecule has 156 valence electrons. The van der Waals surface area contributed by atoms with E-state index >= 15 is 0 Å². The Kier molecular flexibility index (Phi) is 7.43. The number of nitrogens with zero attached hydrogens (tertiary/aromatic N) is 2. The fourth-order valence-corrected chi connectivity index (χ4v) is 3.53. The van der Waals surface area contributed by atoms with E-state index in [1.807, 2.05) is 43.5 Å². The Morgan fingerprint density at radius 1 is 1.14 bits per heavy atom. The van der Waals surface area contributed by atoms with Crippen LogP contribution in [0.4, 0.5) is 0 Å². The second-order valence-corrected chi connectivity index (χ2v) is 7.20. The van der Waals surface area contributed by atoms with Gasteiger partial charge in [-0.2, -0.15) is 0 Å². The van der Waals surface area contributed by atoms with E-state index in [-0.39, 0.29) is 5.91 Å². The maximum absolute atomic E-state index is 12.8. The number of esters is 1. The predicted octanol–water partition coefficient (Wildman–Crippen LogP) is 1.64. The van der Waals surface area contributed by atoms with Gasteiger partial charge < -0.3 is 19.4 Å². The van der Waals surface area contributed by atoms with Crippen molar-refractivity contribution in [2.24, 2.45) is 0 Å². The van der Waals surface area contributed by atoms with Crippen LogP contribution in [-0.2, 0) is 27.2 Å². The molecule has 1 atom stereocenters. The van der Waals surface area contributed by atoms with Crippen LogP contribution in [0.25, 0.3) is 0 Å². The summed E-state index contributed by atoms with van der Waals surface area (Å²) in [7, 11) is 1.33. The fourth-order valence-electron chi connectivity index (χ4n) is 3.53.